The molecule has 0 bridgehead atoms. The van der Waals surface area contributed by atoms with Crippen molar-refractivity contribution in [2.24, 2.45) is 5.73 Å². The van der Waals surface area contributed by atoms with E-state index < -0.39 is 12.1 Å². The molecule has 4 nitrogen and oxygen atoms in total. The van der Waals surface area contributed by atoms with Crippen LogP contribution in [-0.4, -0.2) is 29.7 Å². The molecule has 0 aromatic rings. The zero-order chi connectivity index (χ0) is 6.85. The molecule has 1 aliphatic rings. The van der Waals surface area contributed by atoms with E-state index in [1.807, 2.05) is 0 Å². The number of nitrogens with two attached hydrogens (primary N) is 1. The number of rotatable bonds is 0. The first-order valence-corrected chi connectivity index (χ1v) is 2.91. The molecule has 1 amide bonds. The van der Waals surface area contributed by atoms with Crippen LogP contribution in [0.4, 0.5) is 0 Å². The highest BCUT2D eigenvalue weighted by molar-refractivity contribution is 5.82. The lowest BCUT2D eigenvalue weighted by molar-refractivity contribution is -0.125. The second-order valence-corrected chi connectivity index (χ2v) is 2.24. The maximum Gasteiger partial charge on any atom is 0.237 e. The Morgan fingerprint density at radius 1 is 1.78 bits per heavy atom. The Labute approximate surface area is 53.0 Å². The van der Waals surface area contributed by atoms with E-state index in [0.717, 1.165) is 0 Å². The second kappa shape index (κ2) is 2.33. The molecule has 1 aliphatic heterocycles. The van der Waals surface area contributed by atoms with Crippen LogP contribution in [0.5, 0.6) is 0 Å². The van der Waals surface area contributed by atoms with Crippen LogP contribution in [-0.2, 0) is 4.79 Å². The molecule has 9 heavy (non-hydrogen) atoms. The first kappa shape index (κ1) is 6.51. The molecule has 0 radical (unpaired) electrons. The van der Waals surface area contributed by atoms with Gasteiger partial charge in [0.2, 0.25) is 5.91 Å². The summed E-state index contributed by atoms with van der Waals surface area (Å²) in [4.78, 5) is 10.6. The molecule has 2 atom stereocenters. The molecule has 1 saturated heterocycles. The minimum Gasteiger partial charge on any atom is -0.391 e. The lowest BCUT2D eigenvalue weighted by Crippen LogP contribution is -2.51. The zero-order valence-electron chi connectivity index (χ0n) is 5.00. The third-order valence-electron chi connectivity index (χ3n) is 1.37. The number of piperidine rings is 1. The minimum atomic E-state index is -0.520. The number of hydrogen-bond acceptors (Lipinski definition) is 3. The van der Waals surface area contributed by atoms with Crippen LogP contribution in [0.1, 0.15) is 6.42 Å². The van der Waals surface area contributed by atoms with Crippen LogP contribution in [0.3, 0.4) is 0 Å². The Hall–Kier alpha value is -0.610. The largest absolute Gasteiger partial charge is 0.391 e. The van der Waals surface area contributed by atoms with Crippen molar-refractivity contribution in [1.82, 2.24) is 5.32 Å². The Balaban J connectivity index is 2.44. The number of aliphatic hydroxyl groups excluding tert-OH is 1. The van der Waals surface area contributed by atoms with E-state index in [1.54, 1.807) is 0 Å². The maximum atomic E-state index is 10.6. The van der Waals surface area contributed by atoms with Crippen LogP contribution in [0, 0.1) is 0 Å². The van der Waals surface area contributed by atoms with Gasteiger partial charge in [0.15, 0.2) is 0 Å². The van der Waals surface area contributed by atoms with Gasteiger partial charge in [-0.15, -0.1) is 0 Å². The Bertz CT molecular complexity index is 126. The molecule has 0 aromatic carbocycles. The quantitative estimate of drug-likeness (QED) is 0.362. The maximum absolute atomic E-state index is 10.6. The number of aliphatic hydroxyl groups is 1. The topological polar surface area (TPSA) is 75.3 Å². The summed E-state index contributed by atoms with van der Waals surface area (Å²) in [7, 11) is 0. The van der Waals surface area contributed by atoms with Crippen molar-refractivity contribution in [3.8, 4) is 0 Å². The van der Waals surface area contributed by atoms with E-state index in [9.17, 15) is 4.79 Å². The summed E-state index contributed by atoms with van der Waals surface area (Å²) in [6.45, 7) is 0.340. The molecule has 0 spiro atoms. The smallest absolute Gasteiger partial charge is 0.237 e. The number of carbonyl (C=O) groups excluding carboxylic acids is 1. The number of β-amino-alcohol motifs (C(OH)–C–C–N with tert-alkyl or cyclic N) is 1. The molecule has 1 fully saturated rings. The Morgan fingerprint density at radius 3 is 2.89 bits per heavy atom. The van der Waals surface area contributed by atoms with Gasteiger partial charge in [-0.3, -0.25) is 4.79 Å². The fraction of sp³-hybridized carbons (Fsp3) is 0.800. The van der Waals surface area contributed by atoms with Crippen molar-refractivity contribution in [1.29, 1.82) is 0 Å². The minimum absolute atomic E-state index is 0.166. The average Bonchev–Trinajstić information content (AvgIpc) is 1.80. The molecule has 0 aromatic heterocycles. The van der Waals surface area contributed by atoms with E-state index in [4.69, 9.17) is 10.8 Å². The van der Waals surface area contributed by atoms with Gasteiger partial charge in [-0.1, -0.05) is 0 Å². The first-order valence-electron chi connectivity index (χ1n) is 2.91. The van der Waals surface area contributed by atoms with Crippen LogP contribution in [0.15, 0.2) is 0 Å². The van der Waals surface area contributed by atoms with Gasteiger partial charge in [0.05, 0.1) is 12.1 Å². The molecule has 1 heterocycles. The standard InChI is InChI=1S/C5H10N2O2/c6-4-1-3(8)2-7-5(4)9/h3-4,8H,1-2,6H2,(H,7,9)/t3-,4-/m1/s1. The number of amides is 1. The van der Waals surface area contributed by atoms with Gasteiger partial charge in [0.25, 0.3) is 0 Å². The Morgan fingerprint density at radius 2 is 2.44 bits per heavy atom. The van der Waals surface area contributed by atoms with Crippen molar-refractivity contribution in [2.75, 3.05) is 6.54 Å². The van der Waals surface area contributed by atoms with E-state index in [1.165, 1.54) is 0 Å². The SMILES string of the molecule is N[C@@H]1C[C@@H](O)CNC1=O. The highest BCUT2D eigenvalue weighted by Crippen LogP contribution is 2.00. The second-order valence-electron chi connectivity index (χ2n) is 2.24. The van der Waals surface area contributed by atoms with Crippen LogP contribution in [0.25, 0.3) is 0 Å². The van der Waals surface area contributed by atoms with E-state index in [2.05, 4.69) is 5.32 Å². The lowest BCUT2D eigenvalue weighted by Gasteiger charge is -2.22. The Kier molecular flexibility index (Phi) is 1.68. The summed E-state index contributed by atoms with van der Waals surface area (Å²) in [5.74, 6) is -0.166. The summed E-state index contributed by atoms with van der Waals surface area (Å²) in [6, 6.07) is -0.520. The first-order chi connectivity index (χ1) is 4.20. The molecule has 0 aliphatic carbocycles. The highest BCUT2D eigenvalue weighted by atomic mass is 16.3. The fourth-order valence-electron chi connectivity index (χ4n) is 0.833. The van der Waals surface area contributed by atoms with Gasteiger partial charge in [0, 0.05) is 6.54 Å². The fourth-order valence-corrected chi connectivity index (χ4v) is 0.833. The third kappa shape index (κ3) is 1.40. The molecule has 1 rings (SSSR count). The molecule has 4 N–H and O–H groups in total. The predicted octanol–water partition coefficient (Wildman–Crippen LogP) is -1.81. The average molecular weight is 130 g/mol. The highest BCUT2D eigenvalue weighted by Gasteiger charge is 2.23. The normalized spacial score (nSPS) is 36.0. The van der Waals surface area contributed by atoms with E-state index >= 15 is 0 Å². The molecular formula is C5H10N2O2. The number of nitrogens with one attached hydrogen (secondary N) is 1. The molecule has 0 saturated carbocycles. The van der Waals surface area contributed by atoms with E-state index in [-0.39, 0.29) is 5.91 Å². The van der Waals surface area contributed by atoms with Crippen molar-refractivity contribution in [2.45, 2.75) is 18.6 Å². The van der Waals surface area contributed by atoms with Gasteiger partial charge < -0.3 is 16.2 Å². The summed E-state index contributed by atoms with van der Waals surface area (Å²) < 4.78 is 0. The monoisotopic (exact) mass is 130 g/mol. The van der Waals surface area contributed by atoms with Gasteiger partial charge in [-0.05, 0) is 6.42 Å². The van der Waals surface area contributed by atoms with Crippen molar-refractivity contribution >= 4 is 5.91 Å². The molecular weight excluding hydrogens is 120 g/mol. The van der Waals surface area contributed by atoms with Crippen molar-refractivity contribution in [3.05, 3.63) is 0 Å². The third-order valence-corrected chi connectivity index (χ3v) is 1.37. The van der Waals surface area contributed by atoms with Crippen LogP contribution in [0.2, 0.25) is 0 Å². The number of carbonyl (C=O) groups is 1. The van der Waals surface area contributed by atoms with Gasteiger partial charge in [-0.2, -0.15) is 0 Å². The molecule has 0 unspecified atom stereocenters. The van der Waals surface area contributed by atoms with Gasteiger partial charge >= 0.3 is 0 Å². The lowest BCUT2D eigenvalue weighted by atomic mass is 10.1. The summed E-state index contributed by atoms with van der Waals surface area (Å²) in [5.41, 5.74) is 5.30. The van der Waals surface area contributed by atoms with Crippen LogP contribution < -0.4 is 11.1 Å². The van der Waals surface area contributed by atoms with Gasteiger partial charge in [0.1, 0.15) is 0 Å². The van der Waals surface area contributed by atoms with Crippen molar-refractivity contribution in [3.63, 3.8) is 0 Å². The van der Waals surface area contributed by atoms with Gasteiger partial charge in [-0.25, -0.2) is 0 Å². The number of hydrogen-bond donors (Lipinski definition) is 3. The molecule has 52 valence electrons. The summed E-state index contributed by atoms with van der Waals surface area (Å²) in [5, 5.41) is 11.4. The zero-order valence-corrected chi connectivity index (χ0v) is 5.00. The summed E-state index contributed by atoms with van der Waals surface area (Å²) >= 11 is 0. The predicted molar refractivity (Wildman–Crippen MR) is 31.6 cm³/mol. The van der Waals surface area contributed by atoms with E-state index in [0.29, 0.717) is 13.0 Å². The van der Waals surface area contributed by atoms with Crippen LogP contribution >= 0.6 is 0 Å². The molecule has 4 heteroatoms. The summed E-state index contributed by atoms with van der Waals surface area (Å²) in [6.07, 6.45) is -0.0797. The van der Waals surface area contributed by atoms with Crippen molar-refractivity contribution < 1.29 is 9.90 Å².